The zero-order valence-electron chi connectivity index (χ0n) is 17.8. The molecule has 1 aromatic heterocycles. The number of fused-ring (bicyclic) bond motifs is 1. The molecule has 1 amide bonds. The fraction of sp³-hybridized carbons (Fsp3) is 0.400. The lowest BCUT2D eigenvalue weighted by atomic mass is 9.88. The molecule has 1 saturated heterocycles. The first-order valence-electron chi connectivity index (χ1n) is 10.5. The quantitative estimate of drug-likeness (QED) is 0.553. The Balaban J connectivity index is 1.48. The Morgan fingerprint density at radius 2 is 1.93 bits per heavy atom. The Kier molecular flexibility index (Phi) is 5.82. The summed E-state index contributed by atoms with van der Waals surface area (Å²) in [5.74, 6) is 0.183. The Morgan fingerprint density at radius 1 is 1.13 bits per heavy atom. The van der Waals surface area contributed by atoms with Crippen LogP contribution in [0.2, 0.25) is 0 Å². The van der Waals surface area contributed by atoms with Crippen LogP contribution in [0.3, 0.4) is 0 Å². The molecule has 2 aromatic carbocycles. The normalized spacial score (nSPS) is 19.8. The Bertz CT molecular complexity index is 990. The second-order valence-electron chi connectivity index (χ2n) is 8.91. The van der Waals surface area contributed by atoms with Crippen molar-refractivity contribution in [2.75, 3.05) is 13.1 Å². The molecule has 30 heavy (non-hydrogen) atoms. The summed E-state index contributed by atoms with van der Waals surface area (Å²) in [6.07, 6.45) is 3.86. The number of hydrogen-bond acceptors (Lipinski definition) is 4. The number of rotatable bonds is 4. The summed E-state index contributed by atoms with van der Waals surface area (Å²) in [5, 5.41) is 2.41. The van der Waals surface area contributed by atoms with Gasteiger partial charge >= 0.3 is 6.09 Å². The van der Waals surface area contributed by atoms with Gasteiger partial charge in [-0.3, -0.25) is 0 Å². The summed E-state index contributed by atoms with van der Waals surface area (Å²) < 4.78 is 17.3. The van der Waals surface area contributed by atoms with E-state index in [9.17, 15) is 4.79 Å². The van der Waals surface area contributed by atoms with Gasteiger partial charge in [-0.05, 0) is 61.2 Å². The number of benzene rings is 2. The van der Waals surface area contributed by atoms with E-state index < -0.39 is 5.60 Å². The predicted octanol–water partition coefficient (Wildman–Crippen LogP) is 5.74. The highest BCUT2D eigenvalue weighted by Gasteiger charge is 2.35. The third-order valence-corrected chi connectivity index (χ3v) is 5.46. The minimum Gasteiger partial charge on any atom is -0.472 e. The van der Waals surface area contributed by atoms with Crippen LogP contribution in [0.5, 0.6) is 0 Å². The molecule has 5 nitrogen and oxygen atoms in total. The van der Waals surface area contributed by atoms with Crippen LogP contribution >= 0.6 is 0 Å². The number of carbonyl (C=O) groups excluding carboxylic acids is 1. The first-order valence-corrected chi connectivity index (χ1v) is 10.5. The highest BCUT2D eigenvalue weighted by Crippen LogP contribution is 2.32. The van der Waals surface area contributed by atoms with E-state index in [4.69, 9.17) is 13.9 Å². The van der Waals surface area contributed by atoms with Crippen LogP contribution in [-0.4, -0.2) is 35.8 Å². The van der Waals surface area contributed by atoms with Crippen molar-refractivity contribution in [1.82, 2.24) is 4.90 Å². The summed E-state index contributed by atoms with van der Waals surface area (Å²) in [7, 11) is 0. The van der Waals surface area contributed by atoms with Gasteiger partial charge in [-0.25, -0.2) is 4.79 Å². The first kappa shape index (κ1) is 20.5. The molecule has 1 aliphatic rings. The number of piperidine rings is 1. The van der Waals surface area contributed by atoms with Crippen molar-refractivity contribution in [2.24, 2.45) is 0 Å². The maximum atomic E-state index is 12.6. The zero-order chi connectivity index (χ0) is 21.1. The molecule has 0 aliphatic carbocycles. The van der Waals surface area contributed by atoms with Crippen LogP contribution in [0, 0.1) is 0 Å². The monoisotopic (exact) mass is 407 g/mol. The van der Waals surface area contributed by atoms with Gasteiger partial charge in [0.05, 0.1) is 31.8 Å². The number of carbonyl (C=O) groups is 1. The lowest BCUT2D eigenvalue weighted by Gasteiger charge is -2.38. The summed E-state index contributed by atoms with van der Waals surface area (Å²) in [6.45, 7) is 7.29. The summed E-state index contributed by atoms with van der Waals surface area (Å²) >= 11 is 0. The van der Waals surface area contributed by atoms with E-state index in [2.05, 4.69) is 30.3 Å². The fourth-order valence-corrected chi connectivity index (χ4v) is 3.98. The van der Waals surface area contributed by atoms with Crippen molar-refractivity contribution in [2.45, 2.75) is 51.4 Å². The van der Waals surface area contributed by atoms with E-state index in [1.165, 1.54) is 10.8 Å². The molecule has 1 fully saturated rings. The van der Waals surface area contributed by atoms with Crippen molar-refractivity contribution in [3.8, 4) is 0 Å². The number of hydrogen-bond donors (Lipinski definition) is 0. The largest absolute Gasteiger partial charge is 0.472 e. The minimum atomic E-state index is -0.514. The molecule has 0 saturated carbocycles. The van der Waals surface area contributed by atoms with Crippen LogP contribution in [0.25, 0.3) is 10.8 Å². The van der Waals surface area contributed by atoms with Crippen molar-refractivity contribution in [3.05, 3.63) is 72.2 Å². The van der Waals surface area contributed by atoms with Crippen LogP contribution in [0.15, 0.2) is 65.5 Å². The first-order chi connectivity index (χ1) is 14.4. The van der Waals surface area contributed by atoms with E-state index in [1.807, 2.05) is 39.0 Å². The maximum Gasteiger partial charge on any atom is 0.410 e. The van der Waals surface area contributed by atoms with Gasteiger partial charge in [-0.15, -0.1) is 0 Å². The van der Waals surface area contributed by atoms with Crippen LogP contribution in [0.1, 0.15) is 44.2 Å². The molecule has 4 rings (SSSR count). The molecule has 0 unspecified atom stereocenters. The molecule has 2 heterocycles. The molecule has 3 aromatic rings. The van der Waals surface area contributed by atoms with Gasteiger partial charge in [0.1, 0.15) is 5.60 Å². The van der Waals surface area contributed by atoms with Crippen molar-refractivity contribution in [1.29, 1.82) is 0 Å². The lowest BCUT2D eigenvalue weighted by Crippen LogP contribution is -2.48. The molecular formula is C25H29NO4. The average Bonchev–Trinajstić information content (AvgIpc) is 3.25. The van der Waals surface area contributed by atoms with Gasteiger partial charge in [-0.1, -0.05) is 36.4 Å². The van der Waals surface area contributed by atoms with Crippen molar-refractivity contribution < 1.29 is 18.7 Å². The number of amides is 1. The molecule has 0 bridgehead atoms. The van der Waals surface area contributed by atoms with Crippen LogP contribution < -0.4 is 0 Å². The highest BCUT2D eigenvalue weighted by atomic mass is 16.6. The minimum absolute atomic E-state index is 0.129. The number of ether oxygens (including phenoxy) is 2. The highest BCUT2D eigenvalue weighted by molar-refractivity contribution is 5.82. The molecule has 2 atom stereocenters. The Morgan fingerprint density at radius 3 is 2.67 bits per heavy atom. The Hall–Kier alpha value is -2.79. The van der Waals surface area contributed by atoms with Crippen LogP contribution in [0.4, 0.5) is 4.79 Å². The number of nitrogens with zero attached hydrogens (tertiary/aromatic N) is 1. The SMILES string of the molecule is CC(C)(C)OC(=O)N1CC[C@H](c2ccoc2)[C@@H](OCc2ccc3ccccc3c2)C1. The van der Waals surface area contributed by atoms with E-state index in [-0.39, 0.29) is 18.1 Å². The summed E-state index contributed by atoms with van der Waals surface area (Å²) in [5.41, 5.74) is 1.72. The molecule has 0 N–H and O–H groups in total. The lowest BCUT2D eigenvalue weighted by molar-refractivity contribution is -0.0360. The van der Waals surface area contributed by atoms with Crippen LogP contribution in [-0.2, 0) is 16.1 Å². The van der Waals surface area contributed by atoms with E-state index in [1.54, 1.807) is 17.4 Å². The van der Waals surface area contributed by atoms with E-state index in [0.29, 0.717) is 19.7 Å². The Labute approximate surface area is 177 Å². The molecule has 158 valence electrons. The summed E-state index contributed by atoms with van der Waals surface area (Å²) in [6, 6.07) is 16.7. The number of likely N-dealkylation sites (tertiary alicyclic amines) is 1. The fourth-order valence-electron chi connectivity index (χ4n) is 3.98. The molecular weight excluding hydrogens is 378 g/mol. The van der Waals surface area contributed by atoms with Gasteiger partial charge in [0, 0.05) is 12.5 Å². The standard InChI is InChI=1S/C25H29NO4/c1-25(2,3)30-24(27)26-12-10-22(21-11-13-28-17-21)23(15-26)29-16-18-8-9-19-6-4-5-7-20(19)14-18/h4-9,11,13-14,17,22-23H,10,12,15-16H2,1-3H3/t22-,23+/m1/s1. The predicted molar refractivity (Wildman–Crippen MR) is 116 cm³/mol. The third-order valence-electron chi connectivity index (χ3n) is 5.46. The van der Waals surface area contributed by atoms with Crippen molar-refractivity contribution in [3.63, 3.8) is 0 Å². The molecule has 1 aliphatic heterocycles. The number of furan rings is 1. The molecule has 0 spiro atoms. The van der Waals surface area contributed by atoms with Crippen molar-refractivity contribution >= 4 is 16.9 Å². The zero-order valence-corrected chi connectivity index (χ0v) is 17.8. The van der Waals surface area contributed by atoms with Gasteiger partial charge < -0.3 is 18.8 Å². The van der Waals surface area contributed by atoms with Gasteiger partial charge in [-0.2, -0.15) is 0 Å². The van der Waals surface area contributed by atoms with Gasteiger partial charge in [0.2, 0.25) is 0 Å². The molecule has 0 radical (unpaired) electrons. The average molecular weight is 408 g/mol. The smallest absolute Gasteiger partial charge is 0.410 e. The third kappa shape index (κ3) is 4.85. The molecule has 5 heteroatoms. The maximum absolute atomic E-state index is 12.6. The summed E-state index contributed by atoms with van der Waals surface area (Å²) in [4.78, 5) is 14.4. The van der Waals surface area contributed by atoms with E-state index >= 15 is 0 Å². The second kappa shape index (κ2) is 8.52. The topological polar surface area (TPSA) is 51.9 Å². The van der Waals surface area contributed by atoms with E-state index in [0.717, 1.165) is 17.5 Å². The second-order valence-corrected chi connectivity index (χ2v) is 8.91. The van der Waals surface area contributed by atoms with Gasteiger partial charge in [0.25, 0.3) is 0 Å². The van der Waals surface area contributed by atoms with Gasteiger partial charge in [0.15, 0.2) is 0 Å².